The van der Waals surface area contributed by atoms with Crippen molar-refractivity contribution in [2.75, 3.05) is 7.11 Å². The molecule has 0 radical (unpaired) electrons. The molecule has 0 unspecified atom stereocenters. The number of hydrogen-bond donors (Lipinski definition) is 0. The second-order valence-electron chi connectivity index (χ2n) is 6.02. The van der Waals surface area contributed by atoms with Gasteiger partial charge >= 0.3 is 0 Å². The number of methoxy groups -OCH3 is 1. The third kappa shape index (κ3) is 3.97. The summed E-state index contributed by atoms with van der Waals surface area (Å²) in [6.07, 6.45) is 6.80. The van der Waals surface area contributed by atoms with Gasteiger partial charge in [-0.2, -0.15) is 0 Å². The van der Waals surface area contributed by atoms with Crippen LogP contribution in [0.15, 0.2) is 24.3 Å². The minimum atomic E-state index is -0.391. The van der Waals surface area contributed by atoms with Crippen LogP contribution in [0.5, 0.6) is 5.75 Å². The quantitative estimate of drug-likeness (QED) is 0.724. The summed E-state index contributed by atoms with van der Waals surface area (Å²) in [5, 5.41) is 0. The van der Waals surface area contributed by atoms with Crippen molar-refractivity contribution in [3.63, 3.8) is 0 Å². The highest BCUT2D eigenvalue weighted by Gasteiger charge is 2.34. The molecule has 0 aromatic heterocycles. The Kier molecular flexibility index (Phi) is 4.87. The van der Waals surface area contributed by atoms with Crippen LogP contribution in [0.1, 0.15) is 51.5 Å². The Morgan fingerprint density at radius 2 is 1.68 bits per heavy atom. The molecule has 0 saturated heterocycles. The van der Waals surface area contributed by atoms with Crippen molar-refractivity contribution in [1.82, 2.24) is 0 Å². The summed E-state index contributed by atoms with van der Waals surface area (Å²) in [5.74, 6) is 1.23. The fourth-order valence-electron chi connectivity index (χ4n) is 2.82. The fraction of sp³-hybridized carbons (Fsp3) is 0.647. The summed E-state index contributed by atoms with van der Waals surface area (Å²) < 4.78 is 11.8. The van der Waals surface area contributed by atoms with Crippen molar-refractivity contribution in [2.24, 2.45) is 5.92 Å². The van der Waals surface area contributed by atoms with Crippen LogP contribution in [0.4, 0.5) is 0 Å². The fourth-order valence-corrected chi connectivity index (χ4v) is 2.82. The van der Waals surface area contributed by atoms with E-state index in [2.05, 4.69) is 38.1 Å². The monoisotopic (exact) mass is 262 g/mol. The van der Waals surface area contributed by atoms with Crippen LogP contribution in [0.3, 0.4) is 0 Å². The summed E-state index contributed by atoms with van der Waals surface area (Å²) in [5.41, 5.74) is 1.37. The van der Waals surface area contributed by atoms with Crippen LogP contribution in [-0.4, -0.2) is 12.9 Å². The maximum absolute atomic E-state index is 6.13. The number of benzene rings is 1. The first-order valence-electron chi connectivity index (χ1n) is 7.47. The lowest BCUT2D eigenvalue weighted by Crippen LogP contribution is -2.40. The van der Waals surface area contributed by atoms with Crippen molar-refractivity contribution >= 4 is 0 Å². The van der Waals surface area contributed by atoms with Gasteiger partial charge in [0.25, 0.3) is 0 Å². The van der Waals surface area contributed by atoms with E-state index in [1.54, 1.807) is 7.11 Å². The van der Waals surface area contributed by atoms with Gasteiger partial charge in [-0.1, -0.05) is 32.4 Å². The van der Waals surface area contributed by atoms with Gasteiger partial charge in [-0.25, -0.2) is 0 Å². The van der Waals surface area contributed by atoms with Crippen molar-refractivity contribution in [1.29, 1.82) is 0 Å². The normalized spacial score (nSPS) is 18.5. The summed E-state index contributed by atoms with van der Waals surface area (Å²) in [4.78, 5) is 0. The molecule has 1 fully saturated rings. The van der Waals surface area contributed by atoms with E-state index < -0.39 is 5.79 Å². The lowest BCUT2D eigenvalue weighted by Gasteiger charge is -2.36. The molecule has 0 atom stereocenters. The second kappa shape index (κ2) is 6.42. The zero-order valence-corrected chi connectivity index (χ0v) is 12.4. The first kappa shape index (κ1) is 14.4. The van der Waals surface area contributed by atoms with Gasteiger partial charge in [0.2, 0.25) is 5.79 Å². The van der Waals surface area contributed by atoms with E-state index >= 15 is 0 Å². The van der Waals surface area contributed by atoms with E-state index in [9.17, 15) is 0 Å². The molecule has 19 heavy (non-hydrogen) atoms. The molecular formula is C17H26O2. The number of ether oxygens (including phenoxy) is 2. The van der Waals surface area contributed by atoms with E-state index in [1.807, 2.05) is 0 Å². The first-order valence-corrected chi connectivity index (χ1v) is 7.47. The Balaban J connectivity index is 2.01. The van der Waals surface area contributed by atoms with Gasteiger partial charge in [0.15, 0.2) is 0 Å². The highest BCUT2D eigenvalue weighted by Crippen LogP contribution is 2.33. The summed E-state index contributed by atoms with van der Waals surface area (Å²) in [7, 11) is 1.76. The molecule has 0 N–H and O–H groups in total. The third-order valence-electron chi connectivity index (χ3n) is 3.86. The molecular weight excluding hydrogens is 236 g/mol. The van der Waals surface area contributed by atoms with Gasteiger partial charge in [-0.3, -0.25) is 0 Å². The Bertz CT molecular complexity index is 375. The van der Waals surface area contributed by atoms with Crippen molar-refractivity contribution in [3.8, 4) is 5.75 Å². The SMILES string of the molecule is COC1(Oc2ccc(CC(C)C)cc2)CCCCC1. The summed E-state index contributed by atoms with van der Waals surface area (Å²) in [6.45, 7) is 4.48. The standard InChI is InChI=1S/C17H26O2/c1-14(2)13-15-7-9-16(10-8-15)19-17(18-3)11-5-4-6-12-17/h7-10,14H,4-6,11-13H2,1-3H3. The summed E-state index contributed by atoms with van der Waals surface area (Å²) in [6, 6.07) is 8.49. The molecule has 106 valence electrons. The van der Waals surface area contributed by atoms with Gasteiger partial charge in [-0.15, -0.1) is 0 Å². The highest BCUT2D eigenvalue weighted by molar-refractivity contribution is 5.28. The minimum absolute atomic E-state index is 0.391. The maximum Gasteiger partial charge on any atom is 0.210 e. The number of rotatable bonds is 5. The van der Waals surface area contributed by atoms with E-state index in [0.29, 0.717) is 5.92 Å². The molecule has 1 aromatic carbocycles. The molecule has 0 aliphatic heterocycles. The Labute approximate surface area is 117 Å². The molecule has 1 aliphatic rings. The molecule has 2 heteroatoms. The molecule has 2 nitrogen and oxygen atoms in total. The van der Waals surface area contributed by atoms with Crippen LogP contribution >= 0.6 is 0 Å². The zero-order valence-electron chi connectivity index (χ0n) is 12.4. The minimum Gasteiger partial charge on any atom is -0.462 e. The molecule has 1 saturated carbocycles. The predicted molar refractivity (Wildman–Crippen MR) is 78.4 cm³/mol. The van der Waals surface area contributed by atoms with Gasteiger partial charge in [0.05, 0.1) is 0 Å². The van der Waals surface area contributed by atoms with E-state index in [-0.39, 0.29) is 0 Å². The van der Waals surface area contributed by atoms with Gasteiger partial charge in [0, 0.05) is 20.0 Å². The van der Waals surface area contributed by atoms with Crippen LogP contribution < -0.4 is 4.74 Å². The lowest BCUT2D eigenvalue weighted by atomic mass is 9.94. The Morgan fingerprint density at radius 3 is 2.21 bits per heavy atom. The second-order valence-corrected chi connectivity index (χ2v) is 6.02. The van der Waals surface area contributed by atoms with Crippen LogP contribution in [-0.2, 0) is 11.2 Å². The molecule has 1 aromatic rings. The maximum atomic E-state index is 6.13. The van der Waals surface area contributed by atoms with E-state index in [1.165, 1.54) is 24.8 Å². The molecule has 1 aliphatic carbocycles. The zero-order chi connectivity index (χ0) is 13.7. The molecule has 0 heterocycles. The Hall–Kier alpha value is -1.02. The van der Waals surface area contributed by atoms with Gasteiger partial charge in [0.1, 0.15) is 5.75 Å². The first-order chi connectivity index (χ1) is 9.13. The third-order valence-corrected chi connectivity index (χ3v) is 3.86. The van der Waals surface area contributed by atoms with Crippen LogP contribution in [0.25, 0.3) is 0 Å². The highest BCUT2D eigenvalue weighted by atomic mass is 16.7. The largest absolute Gasteiger partial charge is 0.462 e. The number of hydrogen-bond acceptors (Lipinski definition) is 2. The predicted octanol–water partition coefficient (Wildman–Crippen LogP) is 4.57. The van der Waals surface area contributed by atoms with Gasteiger partial charge in [-0.05, 0) is 42.9 Å². The molecule has 2 rings (SSSR count). The lowest BCUT2D eigenvalue weighted by molar-refractivity contribution is -0.182. The smallest absolute Gasteiger partial charge is 0.210 e. The van der Waals surface area contributed by atoms with E-state index in [4.69, 9.17) is 9.47 Å². The van der Waals surface area contributed by atoms with Crippen LogP contribution in [0, 0.1) is 5.92 Å². The average molecular weight is 262 g/mol. The molecule has 0 spiro atoms. The van der Waals surface area contributed by atoms with Crippen molar-refractivity contribution < 1.29 is 9.47 Å². The van der Waals surface area contributed by atoms with E-state index in [0.717, 1.165) is 25.0 Å². The molecule has 0 amide bonds. The van der Waals surface area contributed by atoms with Crippen molar-refractivity contribution in [2.45, 2.75) is 58.2 Å². The summed E-state index contributed by atoms with van der Waals surface area (Å²) >= 11 is 0. The topological polar surface area (TPSA) is 18.5 Å². The van der Waals surface area contributed by atoms with Crippen molar-refractivity contribution in [3.05, 3.63) is 29.8 Å². The Morgan fingerprint density at radius 1 is 1.05 bits per heavy atom. The van der Waals surface area contributed by atoms with Crippen LogP contribution in [0.2, 0.25) is 0 Å². The van der Waals surface area contributed by atoms with Gasteiger partial charge < -0.3 is 9.47 Å². The average Bonchev–Trinajstić information content (AvgIpc) is 2.41. The molecule has 0 bridgehead atoms.